The third kappa shape index (κ3) is 5.43. The molecular formula is C12H21N3O5. The summed E-state index contributed by atoms with van der Waals surface area (Å²) in [5.41, 5.74) is 0. The fourth-order valence-electron chi connectivity index (χ4n) is 2.14. The van der Waals surface area contributed by atoms with E-state index in [9.17, 15) is 14.4 Å². The molecule has 0 aromatic rings. The van der Waals surface area contributed by atoms with Gasteiger partial charge in [-0.2, -0.15) is 0 Å². The summed E-state index contributed by atoms with van der Waals surface area (Å²) in [6.45, 7) is 4.38. The van der Waals surface area contributed by atoms with Crippen LogP contribution in [0.15, 0.2) is 0 Å². The molecule has 0 saturated carbocycles. The van der Waals surface area contributed by atoms with Gasteiger partial charge in [0.1, 0.15) is 6.04 Å². The van der Waals surface area contributed by atoms with E-state index in [4.69, 9.17) is 10.2 Å². The Balaban J connectivity index is 2.33. The maximum Gasteiger partial charge on any atom is 0.326 e. The van der Waals surface area contributed by atoms with Crippen molar-refractivity contribution < 1.29 is 24.6 Å². The molecule has 2 atom stereocenters. The standard InChI is InChI=1S/C12H21N3O5/c1-8(15-4-2-3-5-15)7-13-12(20)14-9(11(18)19)6-10(16)17/h8-9H,2-7H2,1H3,(H,16,17)(H,18,19)(H2,13,14,20)/t8?,9-/m0/s1. The first kappa shape index (κ1) is 16.2. The number of nitrogens with zero attached hydrogens (tertiary/aromatic N) is 1. The Morgan fingerprint density at radius 3 is 2.30 bits per heavy atom. The molecule has 1 aliphatic heterocycles. The molecule has 0 aromatic heterocycles. The number of carbonyl (C=O) groups excluding carboxylic acids is 1. The zero-order chi connectivity index (χ0) is 15.1. The van der Waals surface area contributed by atoms with E-state index < -0.39 is 30.4 Å². The lowest BCUT2D eigenvalue weighted by Crippen LogP contribution is -2.49. The summed E-state index contributed by atoms with van der Waals surface area (Å²) in [5, 5.41) is 22.1. The maximum absolute atomic E-state index is 11.6. The van der Waals surface area contributed by atoms with Gasteiger partial charge >= 0.3 is 18.0 Å². The van der Waals surface area contributed by atoms with Crippen molar-refractivity contribution in [3.63, 3.8) is 0 Å². The van der Waals surface area contributed by atoms with Crippen LogP contribution in [0.1, 0.15) is 26.2 Å². The lowest BCUT2D eigenvalue weighted by molar-refractivity contribution is -0.145. The molecule has 8 heteroatoms. The summed E-state index contributed by atoms with van der Waals surface area (Å²) in [4.78, 5) is 35.1. The number of rotatable bonds is 7. The van der Waals surface area contributed by atoms with Crippen molar-refractivity contribution in [2.75, 3.05) is 19.6 Å². The molecular weight excluding hydrogens is 266 g/mol. The van der Waals surface area contributed by atoms with Crippen molar-refractivity contribution in [2.45, 2.75) is 38.3 Å². The molecule has 8 nitrogen and oxygen atoms in total. The Kier molecular flexibility index (Phi) is 6.23. The van der Waals surface area contributed by atoms with E-state index in [0.29, 0.717) is 6.54 Å². The molecule has 4 N–H and O–H groups in total. The van der Waals surface area contributed by atoms with Crippen LogP contribution in [0.5, 0.6) is 0 Å². The lowest BCUT2D eigenvalue weighted by Gasteiger charge is -2.24. The summed E-state index contributed by atoms with van der Waals surface area (Å²) in [7, 11) is 0. The fourth-order valence-corrected chi connectivity index (χ4v) is 2.14. The van der Waals surface area contributed by atoms with E-state index in [0.717, 1.165) is 25.9 Å². The number of carbonyl (C=O) groups is 3. The summed E-state index contributed by atoms with van der Waals surface area (Å²) in [6.07, 6.45) is 1.65. The van der Waals surface area contributed by atoms with Gasteiger partial charge in [0.2, 0.25) is 0 Å². The van der Waals surface area contributed by atoms with E-state index in [1.54, 1.807) is 0 Å². The summed E-state index contributed by atoms with van der Waals surface area (Å²) in [5.74, 6) is -2.64. The van der Waals surface area contributed by atoms with Crippen molar-refractivity contribution in [3.8, 4) is 0 Å². The van der Waals surface area contributed by atoms with Gasteiger partial charge in [0.15, 0.2) is 0 Å². The highest BCUT2D eigenvalue weighted by molar-refractivity contribution is 5.86. The number of urea groups is 1. The Bertz CT molecular complexity index is 368. The number of hydrogen-bond donors (Lipinski definition) is 4. The predicted octanol–water partition coefficient (Wildman–Crippen LogP) is -0.302. The number of hydrogen-bond acceptors (Lipinski definition) is 4. The van der Waals surface area contributed by atoms with E-state index >= 15 is 0 Å². The average Bonchev–Trinajstić information content (AvgIpc) is 2.88. The average molecular weight is 287 g/mol. The number of carboxylic acids is 2. The quantitative estimate of drug-likeness (QED) is 0.510. The maximum atomic E-state index is 11.6. The van der Waals surface area contributed by atoms with Gasteiger partial charge < -0.3 is 20.8 Å². The zero-order valence-electron chi connectivity index (χ0n) is 11.5. The third-order valence-electron chi connectivity index (χ3n) is 3.30. The van der Waals surface area contributed by atoms with Crippen LogP contribution >= 0.6 is 0 Å². The molecule has 0 aromatic carbocycles. The fraction of sp³-hybridized carbons (Fsp3) is 0.750. The van der Waals surface area contributed by atoms with Gasteiger partial charge in [-0.25, -0.2) is 9.59 Å². The van der Waals surface area contributed by atoms with Gasteiger partial charge in [0.25, 0.3) is 0 Å². The van der Waals surface area contributed by atoms with Gasteiger partial charge in [-0.15, -0.1) is 0 Å². The van der Waals surface area contributed by atoms with Crippen molar-refractivity contribution in [2.24, 2.45) is 0 Å². The molecule has 0 radical (unpaired) electrons. The van der Waals surface area contributed by atoms with Gasteiger partial charge in [-0.05, 0) is 32.9 Å². The van der Waals surface area contributed by atoms with E-state index in [1.807, 2.05) is 6.92 Å². The largest absolute Gasteiger partial charge is 0.481 e. The third-order valence-corrected chi connectivity index (χ3v) is 3.30. The SMILES string of the molecule is CC(CNC(=O)N[C@@H](CC(=O)O)C(=O)O)N1CCCC1. The topological polar surface area (TPSA) is 119 Å². The molecule has 1 heterocycles. The molecule has 2 amide bonds. The van der Waals surface area contributed by atoms with Crippen LogP contribution in [-0.2, 0) is 9.59 Å². The van der Waals surface area contributed by atoms with Gasteiger partial charge in [0.05, 0.1) is 6.42 Å². The normalized spacial score (nSPS) is 18.2. The number of nitrogens with one attached hydrogen (secondary N) is 2. The first-order chi connectivity index (χ1) is 9.40. The van der Waals surface area contributed by atoms with Crippen LogP contribution in [0.2, 0.25) is 0 Å². The second kappa shape index (κ2) is 7.68. The van der Waals surface area contributed by atoms with Crippen LogP contribution in [0.4, 0.5) is 4.79 Å². The minimum atomic E-state index is -1.42. The molecule has 1 rings (SSSR count). The minimum absolute atomic E-state index is 0.172. The van der Waals surface area contributed by atoms with Crippen LogP contribution in [0.3, 0.4) is 0 Å². The van der Waals surface area contributed by atoms with E-state index in [1.165, 1.54) is 0 Å². The van der Waals surface area contributed by atoms with Gasteiger partial charge in [0, 0.05) is 12.6 Å². The first-order valence-corrected chi connectivity index (χ1v) is 6.63. The predicted molar refractivity (Wildman–Crippen MR) is 70.5 cm³/mol. The minimum Gasteiger partial charge on any atom is -0.481 e. The number of amides is 2. The van der Waals surface area contributed by atoms with E-state index in [-0.39, 0.29) is 6.04 Å². The lowest BCUT2D eigenvalue weighted by atomic mass is 10.2. The molecule has 20 heavy (non-hydrogen) atoms. The summed E-state index contributed by atoms with van der Waals surface area (Å²) in [6, 6.07) is -1.91. The van der Waals surface area contributed by atoms with Crippen molar-refractivity contribution in [1.82, 2.24) is 15.5 Å². The molecule has 0 aliphatic carbocycles. The molecule has 1 aliphatic rings. The highest BCUT2D eigenvalue weighted by atomic mass is 16.4. The van der Waals surface area contributed by atoms with Gasteiger partial charge in [-0.3, -0.25) is 9.69 Å². The first-order valence-electron chi connectivity index (χ1n) is 6.63. The summed E-state index contributed by atoms with van der Waals surface area (Å²) >= 11 is 0. The van der Waals surface area contributed by atoms with Crippen molar-refractivity contribution in [3.05, 3.63) is 0 Å². The monoisotopic (exact) mass is 287 g/mol. The second-order valence-electron chi connectivity index (χ2n) is 4.94. The highest BCUT2D eigenvalue weighted by Gasteiger charge is 2.23. The molecule has 1 unspecified atom stereocenters. The zero-order valence-corrected chi connectivity index (χ0v) is 11.5. The Labute approximate surface area is 117 Å². The highest BCUT2D eigenvalue weighted by Crippen LogP contribution is 2.10. The second-order valence-corrected chi connectivity index (χ2v) is 4.94. The number of aliphatic carboxylic acids is 2. The molecule has 1 saturated heterocycles. The van der Waals surface area contributed by atoms with Crippen LogP contribution in [-0.4, -0.2) is 64.8 Å². The molecule has 1 fully saturated rings. The molecule has 0 spiro atoms. The van der Waals surface area contributed by atoms with Crippen LogP contribution < -0.4 is 10.6 Å². The number of carboxylic acid groups (broad SMARTS) is 2. The smallest absolute Gasteiger partial charge is 0.326 e. The number of likely N-dealkylation sites (tertiary alicyclic amines) is 1. The van der Waals surface area contributed by atoms with E-state index in [2.05, 4.69) is 15.5 Å². The Morgan fingerprint density at radius 2 is 1.80 bits per heavy atom. The Morgan fingerprint density at radius 1 is 1.20 bits per heavy atom. The van der Waals surface area contributed by atoms with Crippen LogP contribution in [0.25, 0.3) is 0 Å². The van der Waals surface area contributed by atoms with Gasteiger partial charge in [-0.1, -0.05) is 0 Å². The molecule has 0 bridgehead atoms. The van der Waals surface area contributed by atoms with Crippen molar-refractivity contribution in [1.29, 1.82) is 0 Å². The Hall–Kier alpha value is -1.83. The van der Waals surface area contributed by atoms with Crippen LogP contribution in [0, 0.1) is 0 Å². The molecule has 114 valence electrons. The van der Waals surface area contributed by atoms with Crippen molar-refractivity contribution >= 4 is 18.0 Å². The summed E-state index contributed by atoms with van der Waals surface area (Å²) < 4.78 is 0.